The van der Waals surface area contributed by atoms with Gasteiger partial charge in [0.2, 0.25) is 0 Å². The van der Waals surface area contributed by atoms with Gasteiger partial charge < -0.3 is 24.6 Å². The Labute approximate surface area is 151 Å². The maximum absolute atomic E-state index is 12.4. The molecule has 0 bridgehead atoms. The van der Waals surface area contributed by atoms with Crippen LogP contribution >= 0.6 is 0 Å². The lowest BCUT2D eigenvalue weighted by atomic mass is 10.1. The van der Waals surface area contributed by atoms with Crippen LogP contribution in [0.3, 0.4) is 0 Å². The minimum Gasteiger partial charge on any atom is -0.492 e. The summed E-state index contributed by atoms with van der Waals surface area (Å²) >= 11 is 0. The molecule has 1 unspecified atom stereocenters. The molecule has 6 heteroatoms. The fourth-order valence-corrected chi connectivity index (χ4v) is 2.88. The number of likely N-dealkylation sites (N-methyl/N-ethyl adjacent to an activating group) is 1. The van der Waals surface area contributed by atoms with Crippen LogP contribution in [0.5, 0.6) is 5.75 Å². The Morgan fingerprint density at radius 2 is 2.24 bits per heavy atom. The maximum atomic E-state index is 12.4. The SMILES string of the molecule is CCOC1CCCN(C(=O)NCc2cccc(OCCN(C)C)c2)C1. The van der Waals surface area contributed by atoms with Crippen molar-refractivity contribution in [3.05, 3.63) is 29.8 Å². The van der Waals surface area contributed by atoms with Crippen LogP contribution in [-0.4, -0.2) is 68.9 Å². The number of nitrogens with one attached hydrogen (secondary N) is 1. The van der Waals surface area contributed by atoms with E-state index in [4.69, 9.17) is 9.47 Å². The molecular formula is C19H31N3O3. The van der Waals surface area contributed by atoms with E-state index < -0.39 is 0 Å². The van der Waals surface area contributed by atoms with Gasteiger partial charge in [-0.3, -0.25) is 0 Å². The molecule has 1 aromatic carbocycles. The first-order chi connectivity index (χ1) is 12.1. The van der Waals surface area contributed by atoms with Crippen molar-refractivity contribution < 1.29 is 14.3 Å². The fourth-order valence-electron chi connectivity index (χ4n) is 2.88. The molecule has 1 heterocycles. The summed E-state index contributed by atoms with van der Waals surface area (Å²) in [5, 5.41) is 3.00. The molecule has 1 aliphatic rings. The lowest BCUT2D eigenvalue weighted by Crippen LogP contribution is -2.47. The molecular weight excluding hydrogens is 318 g/mol. The van der Waals surface area contributed by atoms with Crippen molar-refractivity contribution in [2.45, 2.75) is 32.4 Å². The number of hydrogen-bond acceptors (Lipinski definition) is 4. The van der Waals surface area contributed by atoms with E-state index in [-0.39, 0.29) is 12.1 Å². The third-order valence-electron chi connectivity index (χ3n) is 4.22. The fraction of sp³-hybridized carbons (Fsp3) is 0.632. The molecule has 2 amide bonds. The quantitative estimate of drug-likeness (QED) is 0.783. The molecule has 0 spiro atoms. The largest absolute Gasteiger partial charge is 0.492 e. The molecule has 6 nitrogen and oxygen atoms in total. The van der Waals surface area contributed by atoms with Crippen LogP contribution in [0.1, 0.15) is 25.3 Å². The van der Waals surface area contributed by atoms with E-state index in [1.54, 1.807) is 0 Å². The molecule has 1 saturated heterocycles. The minimum absolute atomic E-state index is 0.0247. The average molecular weight is 349 g/mol. The Morgan fingerprint density at radius 3 is 3.00 bits per heavy atom. The minimum atomic E-state index is -0.0247. The molecule has 0 aromatic heterocycles. The highest BCUT2D eigenvalue weighted by Crippen LogP contribution is 2.15. The van der Waals surface area contributed by atoms with Crippen molar-refractivity contribution >= 4 is 6.03 Å². The van der Waals surface area contributed by atoms with Gasteiger partial charge in [-0.15, -0.1) is 0 Å². The van der Waals surface area contributed by atoms with Crippen molar-refractivity contribution in [2.75, 3.05) is 46.9 Å². The number of benzene rings is 1. The molecule has 0 aliphatic carbocycles. The second kappa shape index (κ2) is 10.3. The first kappa shape index (κ1) is 19.5. The number of rotatable bonds is 8. The normalized spacial score (nSPS) is 17.6. The van der Waals surface area contributed by atoms with Gasteiger partial charge in [-0.25, -0.2) is 4.79 Å². The summed E-state index contributed by atoms with van der Waals surface area (Å²) in [7, 11) is 4.04. The Bertz CT molecular complexity index is 534. The van der Waals surface area contributed by atoms with Crippen molar-refractivity contribution in [1.82, 2.24) is 15.1 Å². The van der Waals surface area contributed by atoms with Gasteiger partial charge in [-0.2, -0.15) is 0 Å². The zero-order valence-electron chi connectivity index (χ0n) is 15.7. The zero-order valence-corrected chi connectivity index (χ0v) is 15.7. The van der Waals surface area contributed by atoms with E-state index in [2.05, 4.69) is 10.2 Å². The summed E-state index contributed by atoms with van der Waals surface area (Å²) < 4.78 is 11.4. The molecule has 0 saturated carbocycles. The van der Waals surface area contributed by atoms with Crippen LogP contribution in [-0.2, 0) is 11.3 Å². The molecule has 25 heavy (non-hydrogen) atoms. The highest BCUT2D eigenvalue weighted by Gasteiger charge is 2.23. The second-order valence-corrected chi connectivity index (χ2v) is 6.62. The monoisotopic (exact) mass is 349 g/mol. The lowest BCUT2D eigenvalue weighted by Gasteiger charge is -2.32. The number of amides is 2. The first-order valence-corrected chi connectivity index (χ1v) is 9.09. The second-order valence-electron chi connectivity index (χ2n) is 6.62. The average Bonchev–Trinajstić information content (AvgIpc) is 2.60. The topological polar surface area (TPSA) is 54.0 Å². The molecule has 1 aliphatic heterocycles. The zero-order chi connectivity index (χ0) is 18.1. The molecule has 0 radical (unpaired) electrons. The number of likely N-dealkylation sites (tertiary alicyclic amines) is 1. The number of urea groups is 1. The van der Waals surface area contributed by atoms with Gasteiger partial charge in [0.1, 0.15) is 12.4 Å². The van der Waals surface area contributed by atoms with Crippen molar-refractivity contribution in [2.24, 2.45) is 0 Å². The van der Waals surface area contributed by atoms with Crippen LogP contribution in [0.4, 0.5) is 4.79 Å². The molecule has 1 N–H and O–H groups in total. The molecule has 1 atom stereocenters. The summed E-state index contributed by atoms with van der Waals surface area (Å²) in [6.07, 6.45) is 2.19. The highest BCUT2D eigenvalue weighted by molar-refractivity contribution is 5.74. The predicted octanol–water partition coefficient (Wildman–Crippen LogP) is 2.34. The predicted molar refractivity (Wildman–Crippen MR) is 98.9 cm³/mol. The summed E-state index contributed by atoms with van der Waals surface area (Å²) in [5.74, 6) is 0.836. The standard InChI is InChI=1S/C19H31N3O3/c1-4-24-18-9-6-10-22(15-18)19(23)20-14-16-7-5-8-17(13-16)25-12-11-21(2)3/h5,7-8,13,18H,4,6,9-12,14-15H2,1-3H3,(H,20,23). The van der Waals surface area contributed by atoms with Crippen LogP contribution in [0, 0.1) is 0 Å². The number of ether oxygens (including phenoxy) is 2. The molecule has 1 aromatic rings. The van der Waals surface area contributed by atoms with Crippen LogP contribution in [0.15, 0.2) is 24.3 Å². The van der Waals surface area contributed by atoms with Gasteiger partial charge >= 0.3 is 6.03 Å². The Morgan fingerprint density at radius 1 is 1.40 bits per heavy atom. The van der Waals surface area contributed by atoms with Crippen LogP contribution in [0.25, 0.3) is 0 Å². The van der Waals surface area contributed by atoms with Gasteiger partial charge in [-0.1, -0.05) is 12.1 Å². The van der Waals surface area contributed by atoms with E-state index in [0.717, 1.165) is 37.2 Å². The summed E-state index contributed by atoms with van der Waals surface area (Å²) in [6, 6.07) is 7.85. The van der Waals surface area contributed by atoms with Crippen LogP contribution < -0.4 is 10.1 Å². The first-order valence-electron chi connectivity index (χ1n) is 9.09. The number of carbonyl (C=O) groups is 1. The van der Waals surface area contributed by atoms with Crippen molar-refractivity contribution in [3.8, 4) is 5.75 Å². The summed E-state index contributed by atoms with van der Waals surface area (Å²) in [6.45, 7) is 6.18. The summed E-state index contributed by atoms with van der Waals surface area (Å²) in [4.78, 5) is 16.3. The number of nitrogens with zero attached hydrogens (tertiary/aromatic N) is 2. The van der Waals surface area contributed by atoms with Crippen molar-refractivity contribution in [1.29, 1.82) is 0 Å². The van der Waals surface area contributed by atoms with E-state index in [1.807, 2.05) is 50.2 Å². The van der Waals surface area contributed by atoms with Gasteiger partial charge in [0.05, 0.1) is 6.10 Å². The van der Waals surface area contributed by atoms with E-state index >= 15 is 0 Å². The molecule has 140 valence electrons. The van der Waals surface area contributed by atoms with E-state index in [0.29, 0.717) is 26.3 Å². The third-order valence-corrected chi connectivity index (χ3v) is 4.22. The van der Waals surface area contributed by atoms with Crippen molar-refractivity contribution in [3.63, 3.8) is 0 Å². The molecule has 1 fully saturated rings. The lowest BCUT2D eigenvalue weighted by molar-refractivity contribution is 0.0164. The smallest absolute Gasteiger partial charge is 0.317 e. The van der Waals surface area contributed by atoms with Gasteiger partial charge in [0.25, 0.3) is 0 Å². The van der Waals surface area contributed by atoms with Gasteiger partial charge in [0.15, 0.2) is 0 Å². The summed E-state index contributed by atoms with van der Waals surface area (Å²) in [5.41, 5.74) is 1.04. The molecule has 2 rings (SSSR count). The third kappa shape index (κ3) is 6.92. The van der Waals surface area contributed by atoms with E-state index in [1.165, 1.54) is 0 Å². The number of piperidine rings is 1. The number of hydrogen-bond donors (Lipinski definition) is 1. The Balaban J connectivity index is 1.79. The van der Waals surface area contributed by atoms with E-state index in [9.17, 15) is 4.79 Å². The highest BCUT2D eigenvalue weighted by atomic mass is 16.5. The number of carbonyl (C=O) groups excluding carboxylic acids is 1. The maximum Gasteiger partial charge on any atom is 0.317 e. The van der Waals surface area contributed by atoms with Gasteiger partial charge in [-0.05, 0) is 51.6 Å². The van der Waals surface area contributed by atoms with Gasteiger partial charge in [0, 0.05) is 32.8 Å². The Kier molecular flexibility index (Phi) is 8.01. The van der Waals surface area contributed by atoms with Crippen LogP contribution in [0.2, 0.25) is 0 Å². The Hall–Kier alpha value is -1.79.